The molecule has 0 saturated carbocycles. The van der Waals surface area contributed by atoms with Crippen molar-refractivity contribution < 1.29 is 13.3 Å². The number of fused-ring (bicyclic) bond motifs is 21. The van der Waals surface area contributed by atoms with Crippen molar-refractivity contribution in [3.8, 4) is 40.3 Å². The van der Waals surface area contributed by atoms with Crippen LogP contribution in [0.1, 0.15) is 11.1 Å². The molecule has 0 amide bonds. The van der Waals surface area contributed by atoms with Crippen molar-refractivity contribution in [3.63, 3.8) is 0 Å². The molecule has 8 nitrogen and oxygen atoms in total. The van der Waals surface area contributed by atoms with E-state index in [1.165, 1.54) is 0 Å². The lowest BCUT2D eigenvalue weighted by Gasteiger charge is -2.26. The quantitative estimate of drug-likeness (QED) is 0.175. The van der Waals surface area contributed by atoms with Crippen molar-refractivity contribution in [2.24, 2.45) is 0 Å². The third-order valence-electron chi connectivity index (χ3n) is 15.9. The number of nitrogens with zero attached hydrogens (tertiary/aromatic N) is 5. The van der Waals surface area contributed by atoms with Gasteiger partial charge in [-0.1, -0.05) is 146 Å². The maximum absolute atomic E-state index is 12.8. The zero-order valence-electron chi connectivity index (χ0n) is 40.2. The molecule has 11 aromatic carbocycles. The van der Waals surface area contributed by atoms with Gasteiger partial charge in [-0.05, 0) is 72.3 Å². The monoisotopic (exact) mass is 969 g/mol. The first-order valence-corrected chi connectivity index (χ1v) is 25.3. The Bertz CT molecular complexity index is 5510. The molecule has 0 atom stereocenters. The van der Waals surface area contributed by atoms with Crippen LogP contribution in [-0.2, 0) is 0 Å². The Balaban J connectivity index is 1.20. The lowest BCUT2D eigenvalue weighted by molar-refractivity contribution is 0.668. The van der Waals surface area contributed by atoms with Crippen LogP contribution >= 0.6 is 0 Å². The smallest absolute Gasteiger partial charge is 0.160 e. The second-order valence-electron chi connectivity index (χ2n) is 19.6. The highest BCUT2D eigenvalue weighted by Gasteiger charge is 2.35. The van der Waals surface area contributed by atoms with Crippen LogP contribution in [0.2, 0.25) is 0 Å². The van der Waals surface area contributed by atoms with Crippen LogP contribution in [0.15, 0.2) is 226 Å². The summed E-state index contributed by atoms with van der Waals surface area (Å²) in [4.78, 5) is 0. The molecule has 8 heteroatoms. The van der Waals surface area contributed by atoms with Crippen LogP contribution in [0.5, 0.6) is 0 Å². The van der Waals surface area contributed by atoms with Gasteiger partial charge in [0.25, 0.3) is 0 Å². The summed E-state index contributed by atoms with van der Waals surface area (Å²) >= 11 is 0. The van der Waals surface area contributed by atoms with Crippen LogP contribution in [-0.4, -0.2) is 13.7 Å². The molecule has 0 N–H and O–H groups in total. The van der Waals surface area contributed by atoms with Crippen molar-refractivity contribution >= 4 is 131 Å². The standard InChI is InChI=1S/C68H35N5O3/c69-36-49-59(38-16-2-1-3-17-38)64(73-53-26-12-6-20-41(53)45-30-31-46-42-21-7-13-27-54(42)76-68(46)67(45)73)50(37-70)66(72-52-25-11-5-19-40(52)44-33-35-58-61(63(44)72)48-23-9-15-29-56(48)75-58)65(49)71-51-24-10-4-18-39(51)43-32-34-57-60(62(43)71)47-22-8-14-28-55(47)74-57/h1-35H. The van der Waals surface area contributed by atoms with Gasteiger partial charge in [0, 0.05) is 59.4 Å². The van der Waals surface area contributed by atoms with Crippen LogP contribution in [0.25, 0.3) is 159 Å². The highest BCUT2D eigenvalue weighted by atomic mass is 16.3. The second kappa shape index (κ2) is 14.9. The minimum Gasteiger partial charge on any atom is -0.456 e. The molecule has 0 bridgehead atoms. The van der Waals surface area contributed by atoms with Crippen molar-refractivity contribution in [1.82, 2.24) is 13.7 Å². The summed E-state index contributed by atoms with van der Waals surface area (Å²) in [7, 11) is 0. The normalized spacial score (nSPS) is 12.2. The second-order valence-corrected chi connectivity index (χ2v) is 19.6. The summed E-state index contributed by atoms with van der Waals surface area (Å²) in [5, 5.41) is 36.9. The molecular formula is C68H35N5O3. The Morgan fingerprint density at radius 2 is 0.684 bits per heavy atom. The molecule has 6 aromatic heterocycles. The first-order chi connectivity index (χ1) is 37.7. The van der Waals surface area contributed by atoms with Crippen molar-refractivity contribution in [1.29, 1.82) is 10.5 Å². The molecule has 0 spiro atoms. The third-order valence-corrected chi connectivity index (χ3v) is 15.9. The van der Waals surface area contributed by atoms with Crippen LogP contribution in [0.4, 0.5) is 0 Å². The predicted octanol–water partition coefficient (Wildman–Crippen LogP) is 18.1. The molecule has 0 aliphatic rings. The van der Waals surface area contributed by atoms with E-state index >= 15 is 0 Å². The van der Waals surface area contributed by atoms with E-state index in [2.05, 4.69) is 135 Å². The first kappa shape index (κ1) is 40.8. The lowest BCUT2D eigenvalue weighted by atomic mass is 9.91. The van der Waals surface area contributed by atoms with E-state index in [4.69, 9.17) is 13.3 Å². The Labute approximate surface area is 430 Å². The maximum atomic E-state index is 12.8. The summed E-state index contributed by atoms with van der Waals surface area (Å²) < 4.78 is 27.1. The number of furan rings is 3. The summed E-state index contributed by atoms with van der Waals surface area (Å²) in [5.74, 6) is 0. The largest absolute Gasteiger partial charge is 0.456 e. The van der Waals surface area contributed by atoms with Gasteiger partial charge in [-0.2, -0.15) is 10.5 Å². The van der Waals surface area contributed by atoms with Crippen LogP contribution in [0, 0.1) is 22.7 Å². The molecule has 350 valence electrons. The molecule has 0 aliphatic carbocycles. The molecule has 17 aromatic rings. The van der Waals surface area contributed by atoms with Gasteiger partial charge >= 0.3 is 0 Å². The van der Waals surface area contributed by atoms with E-state index < -0.39 is 0 Å². The average Bonchev–Trinajstić information content (AvgIpc) is 4.37. The van der Waals surface area contributed by atoms with Crippen LogP contribution in [0.3, 0.4) is 0 Å². The van der Waals surface area contributed by atoms with E-state index in [1.807, 2.05) is 103 Å². The van der Waals surface area contributed by atoms with Gasteiger partial charge in [0.05, 0.1) is 66.5 Å². The summed E-state index contributed by atoms with van der Waals surface area (Å²) in [5.41, 5.74) is 13.2. The number of hydrogen-bond acceptors (Lipinski definition) is 5. The van der Waals surface area contributed by atoms with E-state index in [9.17, 15) is 10.5 Å². The molecule has 17 rings (SSSR count). The van der Waals surface area contributed by atoms with E-state index in [0.717, 1.165) is 120 Å². The molecule has 0 aliphatic heterocycles. The van der Waals surface area contributed by atoms with Gasteiger partial charge < -0.3 is 27.0 Å². The number of nitriles is 2. The number of aromatic nitrogens is 3. The lowest BCUT2D eigenvalue weighted by Crippen LogP contribution is -2.14. The number of hydrogen-bond donors (Lipinski definition) is 0. The Hall–Kier alpha value is -10.8. The first-order valence-electron chi connectivity index (χ1n) is 25.3. The van der Waals surface area contributed by atoms with Crippen molar-refractivity contribution in [3.05, 3.63) is 223 Å². The summed E-state index contributed by atoms with van der Waals surface area (Å²) in [6.07, 6.45) is 0. The summed E-state index contributed by atoms with van der Waals surface area (Å²) in [6, 6.07) is 78.0. The van der Waals surface area contributed by atoms with Crippen molar-refractivity contribution in [2.45, 2.75) is 0 Å². The van der Waals surface area contributed by atoms with Gasteiger partial charge in [0.15, 0.2) is 5.58 Å². The van der Waals surface area contributed by atoms with E-state index in [0.29, 0.717) is 50.5 Å². The summed E-state index contributed by atoms with van der Waals surface area (Å²) in [6.45, 7) is 0. The zero-order chi connectivity index (χ0) is 49.9. The number of rotatable bonds is 4. The average molecular weight is 970 g/mol. The molecule has 0 saturated heterocycles. The number of para-hydroxylation sites is 6. The molecular weight excluding hydrogens is 935 g/mol. The Morgan fingerprint density at radius 3 is 1.21 bits per heavy atom. The maximum Gasteiger partial charge on any atom is 0.160 e. The molecule has 6 heterocycles. The van der Waals surface area contributed by atoms with Gasteiger partial charge in [0.1, 0.15) is 45.6 Å². The molecule has 0 unspecified atom stereocenters. The van der Waals surface area contributed by atoms with Gasteiger partial charge in [-0.15, -0.1) is 0 Å². The van der Waals surface area contributed by atoms with Crippen LogP contribution < -0.4 is 0 Å². The zero-order valence-corrected chi connectivity index (χ0v) is 40.2. The van der Waals surface area contributed by atoms with Crippen molar-refractivity contribution in [2.75, 3.05) is 0 Å². The minimum atomic E-state index is 0.353. The fourth-order valence-electron chi connectivity index (χ4n) is 12.9. The van der Waals surface area contributed by atoms with Gasteiger partial charge in [-0.25, -0.2) is 0 Å². The van der Waals surface area contributed by atoms with Gasteiger partial charge in [0.2, 0.25) is 0 Å². The topological polar surface area (TPSA) is 102 Å². The molecule has 0 radical (unpaired) electrons. The fourth-order valence-corrected chi connectivity index (χ4v) is 12.9. The van der Waals surface area contributed by atoms with Gasteiger partial charge in [-0.3, -0.25) is 0 Å². The Morgan fingerprint density at radius 1 is 0.289 bits per heavy atom. The highest BCUT2D eigenvalue weighted by molar-refractivity contribution is 6.28. The predicted molar refractivity (Wildman–Crippen MR) is 306 cm³/mol. The SMILES string of the molecule is N#Cc1c(-c2ccccc2)c(-n2c3ccccc3c3ccc4c5ccccc5oc4c32)c(C#N)c(-n2c3ccccc3c3ccc4oc5ccccc5c4c32)c1-n1c2ccccc2c2ccc3oc4ccccc4c3c21. The minimum absolute atomic E-state index is 0.353. The van der Waals surface area contributed by atoms with E-state index in [1.54, 1.807) is 0 Å². The fraction of sp³-hybridized carbons (Fsp3) is 0. The third kappa shape index (κ3) is 5.14. The highest BCUT2D eigenvalue weighted by Crippen LogP contribution is 2.52. The Kier molecular flexibility index (Phi) is 7.99. The van der Waals surface area contributed by atoms with E-state index in [-0.39, 0.29) is 0 Å². The molecule has 76 heavy (non-hydrogen) atoms. The molecule has 0 fully saturated rings. The number of benzene rings is 11.